The molecule has 0 saturated heterocycles. The van der Waals surface area contributed by atoms with Crippen molar-refractivity contribution in [3.05, 3.63) is 53.6 Å². The van der Waals surface area contributed by atoms with Crippen molar-refractivity contribution >= 4 is 40.1 Å². The molecule has 35 heavy (non-hydrogen) atoms. The van der Waals surface area contributed by atoms with Gasteiger partial charge in [-0.05, 0) is 71.1 Å². The second kappa shape index (κ2) is 10.6. The number of hydrogen-bond donors (Lipinski definition) is 3. The van der Waals surface area contributed by atoms with Gasteiger partial charge in [0.1, 0.15) is 12.0 Å². The van der Waals surface area contributed by atoms with Crippen molar-refractivity contribution < 1.29 is 9.21 Å². The predicted molar refractivity (Wildman–Crippen MR) is 138 cm³/mol. The quantitative estimate of drug-likeness (QED) is 0.290. The van der Waals surface area contributed by atoms with Gasteiger partial charge in [0.25, 0.3) is 5.91 Å². The third kappa shape index (κ3) is 5.96. The fraction of sp³-hybridized carbons (Fsp3) is 0.360. The molecule has 1 aromatic carbocycles. The fourth-order valence-electron chi connectivity index (χ4n) is 3.70. The number of fused-ring (bicyclic) bond motifs is 1. The van der Waals surface area contributed by atoms with Crippen LogP contribution >= 0.6 is 0 Å². The topological polar surface area (TPSA) is 113 Å². The molecule has 4 rings (SSSR count). The van der Waals surface area contributed by atoms with Crippen molar-refractivity contribution in [1.29, 1.82) is 0 Å². The molecule has 3 heterocycles. The van der Waals surface area contributed by atoms with Gasteiger partial charge in [0, 0.05) is 31.2 Å². The Morgan fingerprint density at radius 1 is 1.17 bits per heavy atom. The van der Waals surface area contributed by atoms with E-state index in [2.05, 4.69) is 50.0 Å². The molecule has 0 fully saturated rings. The summed E-state index contributed by atoms with van der Waals surface area (Å²) in [5.41, 5.74) is 3.72. The molecule has 4 aromatic rings. The first-order chi connectivity index (χ1) is 16.8. The van der Waals surface area contributed by atoms with Crippen molar-refractivity contribution in [3.63, 3.8) is 0 Å². The average molecular weight is 477 g/mol. The monoisotopic (exact) mass is 476 g/mol. The highest BCUT2D eigenvalue weighted by Crippen LogP contribution is 2.28. The van der Waals surface area contributed by atoms with Crippen molar-refractivity contribution in [2.24, 2.45) is 7.05 Å². The summed E-state index contributed by atoms with van der Waals surface area (Å²) >= 11 is 0. The third-order valence-electron chi connectivity index (χ3n) is 5.64. The molecule has 0 saturated carbocycles. The first-order valence-corrected chi connectivity index (χ1v) is 11.6. The molecular weight excluding hydrogens is 444 g/mol. The lowest BCUT2D eigenvalue weighted by Crippen LogP contribution is -2.14. The first kappa shape index (κ1) is 24.2. The number of amides is 1. The summed E-state index contributed by atoms with van der Waals surface area (Å²) in [6, 6.07) is 7.39. The molecule has 0 aliphatic heterocycles. The first-order valence-electron chi connectivity index (χ1n) is 11.6. The van der Waals surface area contributed by atoms with Crippen LogP contribution in [0.15, 0.2) is 41.1 Å². The maximum atomic E-state index is 12.5. The van der Waals surface area contributed by atoms with E-state index in [0.717, 1.165) is 48.2 Å². The molecule has 3 N–H and O–H groups in total. The average Bonchev–Trinajstić information content (AvgIpc) is 3.39. The van der Waals surface area contributed by atoms with Gasteiger partial charge in [0.2, 0.25) is 5.95 Å². The van der Waals surface area contributed by atoms with E-state index >= 15 is 0 Å². The van der Waals surface area contributed by atoms with E-state index in [1.165, 1.54) is 6.26 Å². The number of unbranched alkanes of at least 4 members (excludes halogenated alkanes) is 1. The highest BCUT2D eigenvalue weighted by atomic mass is 16.3. The lowest BCUT2D eigenvalue weighted by Gasteiger charge is -2.11. The second-order valence-electron chi connectivity index (χ2n) is 8.90. The molecule has 10 nitrogen and oxygen atoms in total. The zero-order valence-corrected chi connectivity index (χ0v) is 20.8. The number of aromatic nitrogens is 4. The number of aryl methyl sites for hydroxylation is 3. The van der Waals surface area contributed by atoms with Crippen LogP contribution in [0.5, 0.6) is 0 Å². The zero-order chi connectivity index (χ0) is 24.9. The van der Waals surface area contributed by atoms with Gasteiger partial charge in [-0.25, -0.2) is 9.67 Å². The van der Waals surface area contributed by atoms with Gasteiger partial charge in [0.05, 0.1) is 10.9 Å². The Morgan fingerprint density at radius 3 is 2.74 bits per heavy atom. The second-order valence-corrected chi connectivity index (χ2v) is 8.90. The molecule has 0 atom stereocenters. The van der Waals surface area contributed by atoms with E-state index in [1.54, 1.807) is 23.9 Å². The Bertz CT molecular complexity index is 1320. The smallest absolute Gasteiger partial charge is 0.258 e. The molecule has 1 amide bonds. The predicted octanol–water partition coefficient (Wildman–Crippen LogP) is 4.32. The summed E-state index contributed by atoms with van der Waals surface area (Å²) in [5.74, 6) is 1.70. The number of carbonyl (C=O) groups is 1. The van der Waals surface area contributed by atoms with Crippen LogP contribution in [0.25, 0.3) is 11.0 Å². The van der Waals surface area contributed by atoms with Crippen LogP contribution in [0.3, 0.4) is 0 Å². The number of rotatable bonds is 10. The minimum absolute atomic E-state index is 0.227. The molecule has 10 heteroatoms. The van der Waals surface area contributed by atoms with Gasteiger partial charge in [-0.3, -0.25) is 4.79 Å². The minimum Gasteiger partial charge on any atom is -0.469 e. The Hall–Kier alpha value is -3.92. The molecule has 3 aromatic heterocycles. The molecule has 184 valence electrons. The van der Waals surface area contributed by atoms with Crippen LogP contribution in [0.4, 0.5) is 23.1 Å². The number of nitrogens with zero attached hydrogens (tertiary/aromatic N) is 5. The maximum absolute atomic E-state index is 12.5. The highest BCUT2D eigenvalue weighted by molar-refractivity contribution is 6.04. The SMILES string of the molecule is Cc1cc(C(=O)Nc2ccc(C)c(Nc3nn(C)c4nc(NCCCCN(C)C)ncc34)c2)co1. The molecule has 0 radical (unpaired) electrons. The summed E-state index contributed by atoms with van der Waals surface area (Å²) in [7, 11) is 6.01. The van der Waals surface area contributed by atoms with Crippen LogP contribution in [-0.2, 0) is 7.05 Å². The normalized spacial score (nSPS) is 11.3. The van der Waals surface area contributed by atoms with E-state index in [-0.39, 0.29) is 5.91 Å². The van der Waals surface area contributed by atoms with Gasteiger partial charge in [-0.1, -0.05) is 6.07 Å². The zero-order valence-electron chi connectivity index (χ0n) is 20.8. The van der Waals surface area contributed by atoms with Crippen LogP contribution in [0, 0.1) is 13.8 Å². The molecule has 0 aliphatic carbocycles. The Balaban J connectivity index is 1.47. The number of furan rings is 1. The molecule has 0 unspecified atom stereocenters. The van der Waals surface area contributed by atoms with E-state index in [4.69, 9.17) is 4.42 Å². The lowest BCUT2D eigenvalue weighted by molar-refractivity contribution is 0.102. The van der Waals surface area contributed by atoms with Crippen LogP contribution in [0.2, 0.25) is 0 Å². The highest BCUT2D eigenvalue weighted by Gasteiger charge is 2.14. The van der Waals surface area contributed by atoms with Crippen molar-refractivity contribution in [2.75, 3.05) is 43.1 Å². The Labute approximate surface area is 204 Å². The Morgan fingerprint density at radius 2 is 2.00 bits per heavy atom. The largest absolute Gasteiger partial charge is 0.469 e. The number of nitrogens with one attached hydrogen (secondary N) is 3. The standard InChI is InChI=1S/C25H32N8O2/c1-16-8-9-19(28-24(34)18-12-17(2)35-15-18)13-21(16)29-22-20-14-27-25(30-23(20)33(5)31-22)26-10-6-7-11-32(3)4/h8-9,12-15H,6-7,10-11H2,1-5H3,(H,28,34)(H,29,31)(H,26,27,30). The molecule has 0 spiro atoms. The fourth-order valence-corrected chi connectivity index (χ4v) is 3.70. The van der Waals surface area contributed by atoms with Gasteiger partial charge in [0.15, 0.2) is 11.5 Å². The molecule has 0 aliphatic rings. The Kier molecular flexibility index (Phi) is 7.31. The van der Waals surface area contributed by atoms with Crippen LogP contribution < -0.4 is 16.0 Å². The number of anilines is 4. The van der Waals surface area contributed by atoms with Crippen LogP contribution in [0.1, 0.15) is 34.5 Å². The summed E-state index contributed by atoms with van der Waals surface area (Å²) in [4.78, 5) is 23.8. The van der Waals surface area contributed by atoms with E-state index in [9.17, 15) is 4.79 Å². The summed E-state index contributed by atoms with van der Waals surface area (Å²) < 4.78 is 6.97. The number of benzene rings is 1. The maximum Gasteiger partial charge on any atom is 0.258 e. The lowest BCUT2D eigenvalue weighted by atomic mass is 10.1. The number of carbonyl (C=O) groups excluding carboxylic acids is 1. The van der Waals surface area contributed by atoms with Crippen molar-refractivity contribution in [3.8, 4) is 0 Å². The summed E-state index contributed by atoms with van der Waals surface area (Å²) in [6.07, 6.45) is 5.39. The van der Waals surface area contributed by atoms with Gasteiger partial charge >= 0.3 is 0 Å². The van der Waals surface area contributed by atoms with Gasteiger partial charge < -0.3 is 25.3 Å². The third-order valence-corrected chi connectivity index (χ3v) is 5.64. The minimum atomic E-state index is -0.227. The van der Waals surface area contributed by atoms with Gasteiger partial charge in [-0.15, -0.1) is 0 Å². The van der Waals surface area contributed by atoms with E-state index in [1.807, 2.05) is 32.2 Å². The van der Waals surface area contributed by atoms with Crippen molar-refractivity contribution in [2.45, 2.75) is 26.7 Å². The van der Waals surface area contributed by atoms with Crippen LogP contribution in [-0.4, -0.2) is 57.7 Å². The molecular formula is C25H32N8O2. The van der Waals surface area contributed by atoms with Gasteiger partial charge in [-0.2, -0.15) is 10.1 Å². The number of hydrogen-bond acceptors (Lipinski definition) is 8. The van der Waals surface area contributed by atoms with E-state index < -0.39 is 0 Å². The summed E-state index contributed by atoms with van der Waals surface area (Å²) in [5, 5.41) is 15.0. The molecule has 0 bridgehead atoms. The summed E-state index contributed by atoms with van der Waals surface area (Å²) in [6.45, 7) is 5.68. The van der Waals surface area contributed by atoms with Crippen molar-refractivity contribution in [1.82, 2.24) is 24.6 Å². The van der Waals surface area contributed by atoms with E-state index in [0.29, 0.717) is 28.8 Å².